The molecule has 13 heavy (non-hydrogen) atoms. The predicted molar refractivity (Wildman–Crippen MR) is 49.8 cm³/mol. The number of carbonyl (C=O) groups is 1. The molecule has 2 atom stereocenters. The third-order valence-electron chi connectivity index (χ3n) is 2.54. The fourth-order valence-electron chi connectivity index (χ4n) is 1.88. The maximum Gasteiger partial charge on any atom is 0.246 e. The molecule has 70 valence electrons. The summed E-state index contributed by atoms with van der Waals surface area (Å²) < 4.78 is 0. The summed E-state index contributed by atoms with van der Waals surface area (Å²) >= 11 is 0. The van der Waals surface area contributed by atoms with Gasteiger partial charge in [-0.1, -0.05) is 6.58 Å². The van der Waals surface area contributed by atoms with E-state index in [4.69, 9.17) is 5.26 Å². The van der Waals surface area contributed by atoms with Crippen molar-refractivity contribution < 1.29 is 4.79 Å². The van der Waals surface area contributed by atoms with E-state index < -0.39 is 0 Å². The van der Waals surface area contributed by atoms with Crippen LogP contribution in [0.25, 0.3) is 0 Å². The lowest BCUT2D eigenvalue weighted by molar-refractivity contribution is -0.128. The van der Waals surface area contributed by atoms with Gasteiger partial charge in [0.25, 0.3) is 0 Å². The molecule has 3 heteroatoms. The molecular weight excluding hydrogens is 164 g/mol. The van der Waals surface area contributed by atoms with Crippen LogP contribution < -0.4 is 0 Å². The summed E-state index contributed by atoms with van der Waals surface area (Å²) in [7, 11) is 0. The van der Waals surface area contributed by atoms with Crippen molar-refractivity contribution in [2.24, 2.45) is 0 Å². The molecule has 0 aromatic rings. The molecule has 0 saturated carbocycles. The molecule has 0 bridgehead atoms. The Morgan fingerprint density at radius 3 is 3.00 bits per heavy atom. The monoisotopic (exact) mass is 178 g/mol. The van der Waals surface area contributed by atoms with Crippen molar-refractivity contribution in [2.75, 3.05) is 0 Å². The summed E-state index contributed by atoms with van der Waals surface area (Å²) in [5, 5.41) is 8.57. The van der Waals surface area contributed by atoms with Gasteiger partial charge in [0.15, 0.2) is 0 Å². The summed E-state index contributed by atoms with van der Waals surface area (Å²) in [6, 6.07) is 2.47. The first-order valence-corrected chi connectivity index (χ1v) is 4.52. The molecule has 0 radical (unpaired) electrons. The molecule has 1 fully saturated rings. The molecule has 0 aromatic carbocycles. The third-order valence-corrected chi connectivity index (χ3v) is 2.54. The van der Waals surface area contributed by atoms with Crippen molar-refractivity contribution in [3.8, 4) is 6.07 Å². The van der Waals surface area contributed by atoms with Crippen molar-refractivity contribution >= 4 is 5.91 Å². The molecule has 1 amide bonds. The minimum absolute atomic E-state index is 0.0507. The van der Waals surface area contributed by atoms with Crippen LogP contribution in [0.4, 0.5) is 0 Å². The third kappa shape index (κ3) is 1.89. The van der Waals surface area contributed by atoms with Crippen LogP contribution in [0, 0.1) is 11.3 Å². The van der Waals surface area contributed by atoms with Gasteiger partial charge < -0.3 is 4.90 Å². The van der Waals surface area contributed by atoms with E-state index in [-0.39, 0.29) is 18.0 Å². The second kappa shape index (κ2) is 4.08. The standard InChI is InChI=1S/C10H14N2O/c1-3-10(13)12-8(2)4-5-9(12)6-7-11/h3,8-9H,1,4-6H2,2H3. The molecular formula is C10H14N2O. The highest BCUT2D eigenvalue weighted by molar-refractivity contribution is 5.87. The number of hydrogen-bond acceptors (Lipinski definition) is 2. The molecule has 2 unspecified atom stereocenters. The number of hydrogen-bond donors (Lipinski definition) is 0. The van der Waals surface area contributed by atoms with Gasteiger partial charge in [0.05, 0.1) is 12.5 Å². The summed E-state index contributed by atoms with van der Waals surface area (Å²) in [6.45, 7) is 5.47. The first kappa shape index (κ1) is 9.79. The van der Waals surface area contributed by atoms with Crippen molar-refractivity contribution in [3.05, 3.63) is 12.7 Å². The average molecular weight is 178 g/mol. The van der Waals surface area contributed by atoms with E-state index in [1.165, 1.54) is 6.08 Å². The summed E-state index contributed by atoms with van der Waals surface area (Å²) in [4.78, 5) is 13.2. The van der Waals surface area contributed by atoms with Crippen molar-refractivity contribution in [1.29, 1.82) is 5.26 Å². The fourth-order valence-corrected chi connectivity index (χ4v) is 1.88. The van der Waals surface area contributed by atoms with E-state index in [0.29, 0.717) is 6.42 Å². The highest BCUT2D eigenvalue weighted by atomic mass is 16.2. The van der Waals surface area contributed by atoms with E-state index in [1.54, 1.807) is 4.90 Å². The Morgan fingerprint density at radius 2 is 2.46 bits per heavy atom. The van der Waals surface area contributed by atoms with Gasteiger partial charge in [0.1, 0.15) is 0 Å². The highest BCUT2D eigenvalue weighted by Gasteiger charge is 2.32. The maximum atomic E-state index is 11.4. The SMILES string of the molecule is C=CC(=O)N1C(C)CCC1CC#N. The van der Waals surface area contributed by atoms with Gasteiger partial charge in [0, 0.05) is 12.1 Å². The van der Waals surface area contributed by atoms with Gasteiger partial charge in [-0.15, -0.1) is 0 Å². The lowest BCUT2D eigenvalue weighted by atomic mass is 10.1. The van der Waals surface area contributed by atoms with E-state index in [2.05, 4.69) is 12.6 Å². The number of carbonyl (C=O) groups excluding carboxylic acids is 1. The highest BCUT2D eigenvalue weighted by Crippen LogP contribution is 2.25. The smallest absolute Gasteiger partial charge is 0.246 e. The summed E-state index contributed by atoms with van der Waals surface area (Å²) in [5.74, 6) is -0.0507. The molecule has 0 N–H and O–H groups in total. The van der Waals surface area contributed by atoms with Gasteiger partial charge in [-0.3, -0.25) is 4.79 Å². The number of nitrogens with zero attached hydrogens (tertiary/aromatic N) is 2. The quantitative estimate of drug-likeness (QED) is 0.601. The molecule has 1 aliphatic rings. The Morgan fingerprint density at radius 1 is 1.77 bits per heavy atom. The van der Waals surface area contributed by atoms with Gasteiger partial charge in [-0.2, -0.15) is 5.26 Å². The first-order valence-electron chi connectivity index (χ1n) is 4.52. The van der Waals surface area contributed by atoms with Crippen LogP contribution in [-0.4, -0.2) is 22.9 Å². The zero-order valence-electron chi connectivity index (χ0n) is 7.86. The zero-order valence-corrected chi connectivity index (χ0v) is 7.86. The number of likely N-dealkylation sites (tertiary alicyclic amines) is 1. The van der Waals surface area contributed by atoms with Crippen molar-refractivity contribution in [3.63, 3.8) is 0 Å². The Kier molecular flexibility index (Phi) is 3.07. The molecule has 0 aliphatic carbocycles. The van der Waals surface area contributed by atoms with Crippen LogP contribution in [-0.2, 0) is 4.79 Å². The second-order valence-electron chi connectivity index (χ2n) is 3.39. The molecule has 1 aliphatic heterocycles. The molecule has 1 saturated heterocycles. The lowest BCUT2D eigenvalue weighted by Crippen LogP contribution is -2.38. The largest absolute Gasteiger partial charge is 0.332 e. The van der Waals surface area contributed by atoms with Crippen LogP contribution in [0.1, 0.15) is 26.2 Å². The molecule has 1 heterocycles. The van der Waals surface area contributed by atoms with Crippen LogP contribution >= 0.6 is 0 Å². The van der Waals surface area contributed by atoms with Crippen molar-refractivity contribution in [1.82, 2.24) is 4.90 Å². The molecule has 1 rings (SSSR count). The lowest BCUT2D eigenvalue weighted by Gasteiger charge is -2.25. The zero-order chi connectivity index (χ0) is 9.84. The van der Waals surface area contributed by atoms with Gasteiger partial charge >= 0.3 is 0 Å². The molecule has 3 nitrogen and oxygen atoms in total. The van der Waals surface area contributed by atoms with E-state index >= 15 is 0 Å². The maximum absolute atomic E-state index is 11.4. The summed E-state index contributed by atoms with van der Waals surface area (Å²) in [5.41, 5.74) is 0. The molecule has 0 aromatic heterocycles. The van der Waals surface area contributed by atoms with Crippen LogP contribution in [0.5, 0.6) is 0 Å². The number of nitriles is 1. The van der Waals surface area contributed by atoms with Crippen molar-refractivity contribution in [2.45, 2.75) is 38.3 Å². The Hall–Kier alpha value is -1.30. The number of amides is 1. The van der Waals surface area contributed by atoms with Crippen LogP contribution in [0.15, 0.2) is 12.7 Å². The average Bonchev–Trinajstić information content (AvgIpc) is 2.47. The topological polar surface area (TPSA) is 44.1 Å². The van der Waals surface area contributed by atoms with Gasteiger partial charge in [-0.05, 0) is 25.8 Å². The number of rotatable bonds is 2. The Labute approximate surface area is 78.6 Å². The predicted octanol–water partition coefficient (Wildman–Crippen LogP) is 1.47. The summed E-state index contributed by atoms with van der Waals surface area (Å²) in [6.07, 6.45) is 3.69. The van der Waals surface area contributed by atoms with Gasteiger partial charge in [0.2, 0.25) is 5.91 Å². The van der Waals surface area contributed by atoms with E-state index in [9.17, 15) is 4.79 Å². The Bertz CT molecular complexity index is 254. The van der Waals surface area contributed by atoms with E-state index in [1.807, 2.05) is 6.92 Å². The normalized spacial score (nSPS) is 26.9. The van der Waals surface area contributed by atoms with Crippen LogP contribution in [0.2, 0.25) is 0 Å². The Balaban J connectivity index is 2.71. The fraction of sp³-hybridized carbons (Fsp3) is 0.600. The van der Waals surface area contributed by atoms with Gasteiger partial charge in [-0.25, -0.2) is 0 Å². The van der Waals surface area contributed by atoms with Crippen LogP contribution in [0.3, 0.4) is 0 Å². The first-order chi connectivity index (χ1) is 6.20. The molecule has 0 spiro atoms. The minimum atomic E-state index is -0.0507. The second-order valence-corrected chi connectivity index (χ2v) is 3.39. The van der Waals surface area contributed by atoms with E-state index in [0.717, 1.165) is 12.8 Å². The minimum Gasteiger partial charge on any atom is -0.332 e.